The van der Waals surface area contributed by atoms with Crippen LogP contribution in [-0.2, 0) is 16.8 Å². The van der Waals surface area contributed by atoms with Gasteiger partial charge in [-0.3, -0.25) is 0 Å². The lowest BCUT2D eigenvalue weighted by atomic mass is 10.1. The monoisotopic (exact) mass is 283 g/mol. The van der Waals surface area contributed by atoms with Crippen molar-refractivity contribution in [3.8, 4) is 0 Å². The lowest BCUT2D eigenvalue weighted by Gasteiger charge is -2.32. The lowest BCUT2D eigenvalue weighted by Crippen LogP contribution is -2.47. The smallest absolute Gasteiger partial charge is 0.279 e. The van der Waals surface area contributed by atoms with Gasteiger partial charge in [0.25, 0.3) is 10.2 Å². The van der Waals surface area contributed by atoms with Gasteiger partial charge in [0.15, 0.2) is 0 Å². The third kappa shape index (κ3) is 3.68. The van der Waals surface area contributed by atoms with Crippen molar-refractivity contribution >= 4 is 15.9 Å². The van der Waals surface area contributed by atoms with E-state index < -0.39 is 10.2 Å². The summed E-state index contributed by atoms with van der Waals surface area (Å²) >= 11 is 0. The quantitative estimate of drug-likeness (QED) is 0.822. The van der Waals surface area contributed by atoms with Gasteiger partial charge in [-0.15, -0.1) is 0 Å². The van der Waals surface area contributed by atoms with E-state index in [4.69, 9.17) is 5.73 Å². The maximum atomic E-state index is 12.2. The Labute approximate surface area is 115 Å². The first-order valence-electron chi connectivity index (χ1n) is 6.60. The third-order valence-electron chi connectivity index (χ3n) is 3.49. The highest BCUT2D eigenvalue weighted by molar-refractivity contribution is 7.87. The maximum absolute atomic E-state index is 12.2. The van der Waals surface area contributed by atoms with Crippen LogP contribution in [0.15, 0.2) is 24.3 Å². The molecule has 1 unspecified atom stereocenters. The molecule has 3 N–H and O–H groups in total. The molecule has 0 radical (unpaired) electrons. The molecule has 0 spiro atoms. The van der Waals surface area contributed by atoms with E-state index in [9.17, 15) is 8.42 Å². The Hall–Kier alpha value is -1.11. The van der Waals surface area contributed by atoms with Gasteiger partial charge < -0.3 is 5.73 Å². The molecule has 19 heavy (non-hydrogen) atoms. The number of benzene rings is 1. The number of anilines is 1. The highest BCUT2D eigenvalue weighted by Gasteiger charge is 2.28. The number of rotatable bonds is 4. The number of hydrogen-bond acceptors (Lipinski definition) is 3. The second-order valence-corrected chi connectivity index (χ2v) is 6.73. The molecule has 0 saturated carbocycles. The van der Waals surface area contributed by atoms with E-state index in [1.807, 2.05) is 19.1 Å². The Bertz CT molecular complexity index is 513. The molecule has 0 aliphatic carbocycles. The summed E-state index contributed by atoms with van der Waals surface area (Å²) in [6.45, 7) is 2.87. The summed E-state index contributed by atoms with van der Waals surface area (Å²) in [5.41, 5.74) is 7.18. The molecule has 1 atom stereocenters. The van der Waals surface area contributed by atoms with Crippen LogP contribution in [-0.4, -0.2) is 25.3 Å². The van der Waals surface area contributed by atoms with Gasteiger partial charge in [-0.1, -0.05) is 18.6 Å². The highest BCUT2D eigenvalue weighted by atomic mass is 32.2. The Morgan fingerprint density at radius 3 is 2.63 bits per heavy atom. The molecule has 2 rings (SSSR count). The topological polar surface area (TPSA) is 75.4 Å². The van der Waals surface area contributed by atoms with E-state index >= 15 is 0 Å². The molecule has 6 heteroatoms. The first-order chi connectivity index (χ1) is 8.99. The summed E-state index contributed by atoms with van der Waals surface area (Å²) in [7, 11) is -3.39. The fraction of sp³-hybridized carbons (Fsp3) is 0.538. The van der Waals surface area contributed by atoms with E-state index in [-0.39, 0.29) is 6.04 Å². The minimum Gasteiger partial charge on any atom is -0.399 e. The van der Waals surface area contributed by atoms with Gasteiger partial charge in [-0.25, -0.2) is 0 Å². The van der Waals surface area contributed by atoms with Crippen molar-refractivity contribution in [1.82, 2.24) is 9.03 Å². The second kappa shape index (κ2) is 5.90. The van der Waals surface area contributed by atoms with Crippen LogP contribution in [0.4, 0.5) is 5.69 Å². The highest BCUT2D eigenvalue weighted by Crippen LogP contribution is 2.19. The predicted octanol–water partition coefficient (Wildman–Crippen LogP) is 1.48. The molecule has 0 amide bonds. The van der Waals surface area contributed by atoms with Crippen LogP contribution >= 0.6 is 0 Å². The zero-order valence-corrected chi connectivity index (χ0v) is 12.0. The van der Waals surface area contributed by atoms with Gasteiger partial charge >= 0.3 is 0 Å². The average Bonchev–Trinajstić information content (AvgIpc) is 2.38. The lowest BCUT2D eigenvalue weighted by molar-refractivity contribution is 0.265. The van der Waals surface area contributed by atoms with Crippen LogP contribution in [0.1, 0.15) is 31.7 Å². The second-order valence-electron chi connectivity index (χ2n) is 5.02. The molecule has 1 saturated heterocycles. The largest absolute Gasteiger partial charge is 0.399 e. The van der Waals surface area contributed by atoms with Gasteiger partial charge in [0.1, 0.15) is 0 Å². The first-order valence-corrected chi connectivity index (χ1v) is 8.04. The van der Waals surface area contributed by atoms with E-state index in [1.54, 1.807) is 16.4 Å². The first kappa shape index (κ1) is 14.3. The number of hydrogen-bond donors (Lipinski definition) is 2. The summed E-state index contributed by atoms with van der Waals surface area (Å²) in [6.07, 6.45) is 2.97. The fourth-order valence-electron chi connectivity index (χ4n) is 2.32. The van der Waals surface area contributed by atoms with Gasteiger partial charge in [-0.05, 0) is 37.5 Å². The molecule has 0 aromatic heterocycles. The van der Waals surface area contributed by atoms with Crippen molar-refractivity contribution in [3.63, 3.8) is 0 Å². The van der Waals surface area contributed by atoms with Crippen molar-refractivity contribution in [1.29, 1.82) is 0 Å². The summed E-state index contributed by atoms with van der Waals surface area (Å²) in [5.74, 6) is 0. The van der Waals surface area contributed by atoms with Crippen molar-refractivity contribution in [2.45, 2.75) is 38.8 Å². The molecule has 1 heterocycles. The molecule has 1 aromatic rings. The Kier molecular flexibility index (Phi) is 4.44. The summed E-state index contributed by atoms with van der Waals surface area (Å²) in [4.78, 5) is 0. The normalized spacial score (nSPS) is 21.4. The van der Waals surface area contributed by atoms with Crippen LogP contribution in [0, 0.1) is 0 Å². The molecule has 1 aliphatic rings. The molecule has 106 valence electrons. The zero-order chi connectivity index (χ0) is 13.9. The van der Waals surface area contributed by atoms with Crippen LogP contribution in [0.2, 0.25) is 0 Å². The molecule has 1 fully saturated rings. The molecular formula is C13H21N3O2S. The van der Waals surface area contributed by atoms with E-state index in [2.05, 4.69) is 4.72 Å². The Balaban J connectivity index is 1.99. The standard InChI is InChI=1S/C13H21N3O2S/c1-11-4-2-3-9-16(11)19(17,18)15-10-12-5-7-13(14)8-6-12/h5-8,11,15H,2-4,9-10,14H2,1H3. The molecule has 1 aromatic carbocycles. The van der Waals surface area contributed by atoms with Crippen molar-refractivity contribution in [2.24, 2.45) is 0 Å². The van der Waals surface area contributed by atoms with Gasteiger partial charge in [0, 0.05) is 24.8 Å². The van der Waals surface area contributed by atoms with Crippen molar-refractivity contribution < 1.29 is 8.42 Å². The van der Waals surface area contributed by atoms with Crippen LogP contribution in [0.25, 0.3) is 0 Å². The van der Waals surface area contributed by atoms with Gasteiger partial charge in [-0.2, -0.15) is 17.4 Å². The SMILES string of the molecule is CC1CCCCN1S(=O)(=O)NCc1ccc(N)cc1. The van der Waals surface area contributed by atoms with Crippen molar-refractivity contribution in [2.75, 3.05) is 12.3 Å². The minimum atomic E-state index is -3.39. The maximum Gasteiger partial charge on any atom is 0.279 e. The number of nitrogens with two attached hydrogens (primary N) is 1. The predicted molar refractivity (Wildman–Crippen MR) is 76.6 cm³/mol. The molecule has 1 aliphatic heterocycles. The molecule has 0 bridgehead atoms. The van der Waals surface area contributed by atoms with E-state index in [1.165, 1.54) is 0 Å². The Morgan fingerprint density at radius 1 is 1.32 bits per heavy atom. The van der Waals surface area contributed by atoms with Gasteiger partial charge in [0.2, 0.25) is 0 Å². The van der Waals surface area contributed by atoms with Crippen LogP contribution in [0.5, 0.6) is 0 Å². The van der Waals surface area contributed by atoms with Crippen molar-refractivity contribution in [3.05, 3.63) is 29.8 Å². The van der Waals surface area contributed by atoms with Gasteiger partial charge in [0.05, 0.1) is 0 Å². The van der Waals surface area contributed by atoms with E-state index in [0.717, 1.165) is 24.8 Å². The number of nitrogen functional groups attached to an aromatic ring is 1. The van der Waals surface area contributed by atoms with E-state index in [0.29, 0.717) is 18.8 Å². The summed E-state index contributed by atoms with van der Waals surface area (Å²) in [5, 5.41) is 0. The zero-order valence-electron chi connectivity index (χ0n) is 11.2. The third-order valence-corrected chi connectivity index (χ3v) is 5.16. The number of nitrogens with zero attached hydrogens (tertiary/aromatic N) is 1. The number of piperidine rings is 1. The average molecular weight is 283 g/mol. The fourth-order valence-corrected chi connectivity index (χ4v) is 3.79. The Morgan fingerprint density at radius 2 is 2.00 bits per heavy atom. The molecular weight excluding hydrogens is 262 g/mol. The minimum absolute atomic E-state index is 0.0812. The summed E-state index contributed by atoms with van der Waals surface area (Å²) < 4.78 is 28.7. The van der Waals surface area contributed by atoms with Crippen LogP contribution in [0.3, 0.4) is 0 Å². The van der Waals surface area contributed by atoms with Crippen LogP contribution < -0.4 is 10.5 Å². The number of nitrogens with one attached hydrogen (secondary N) is 1. The molecule has 5 nitrogen and oxygen atoms in total. The summed E-state index contributed by atoms with van der Waals surface area (Å²) in [6, 6.07) is 7.28.